The Labute approximate surface area is 235 Å². The third kappa shape index (κ3) is 6.25. The Morgan fingerprint density at radius 3 is 2.46 bits per heavy atom. The molecule has 1 amide bonds. The number of anilines is 2. The molecule has 3 N–H and O–H groups in total. The monoisotopic (exact) mass is 558 g/mol. The second kappa shape index (κ2) is 12.0. The number of pyridine rings is 2. The van der Waals surface area contributed by atoms with Crippen molar-refractivity contribution >= 4 is 23.4 Å². The first-order valence-electron chi connectivity index (χ1n) is 12.9. The normalized spacial score (nSPS) is 13.9. The number of aromatic nitrogens is 2. The van der Waals surface area contributed by atoms with Crippen molar-refractivity contribution in [2.75, 3.05) is 43.4 Å². The van der Waals surface area contributed by atoms with Gasteiger partial charge in [0.15, 0.2) is 17.3 Å². The van der Waals surface area contributed by atoms with Gasteiger partial charge < -0.3 is 25.6 Å². The van der Waals surface area contributed by atoms with Crippen LogP contribution in [0.3, 0.4) is 0 Å². The molecule has 0 spiro atoms. The van der Waals surface area contributed by atoms with Gasteiger partial charge in [-0.1, -0.05) is 0 Å². The highest BCUT2D eigenvalue weighted by Crippen LogP contribution is 2.32. The molecular formula is C30H28F2N6O3. The van der Waals surface area contributed by atoms with Crippen molar-refractivity contribution in [1.29, 1.82) is 0 Å². The first-order valence-corrected chi connectivity index (χ1v) is 12.9. The van der Waals surface area contributed by atoms with Crippen LogP contribution in [0, 0.1) is 11.6 Å². The summed E-state index contributed by atoms with van der Waals surface area (Å²) in [6, 6.07) is 13.9. The zero-order chi connectivity index (χ0) is 28.9. The maximum atomic E-state index is 15.1. The molecule has 1 fully saturated rings. The predicted molar refractivity (Wildman–Crippen MR) is 154 cm³/mol. The first-order chi connectivity index (χ1) is 19.8. The molecule has 0 bridgehead atoms. The van der Waals surface area contributed by atoms with Crippen LogP contribution in [0.5, 0.6) is 11.5 Å². The van der Waals surface area contributed by atoms with Gasteiger partial charge in [0, 0.05) is 55.9 Å². The van der Waals surface area contributed by atoms with Gasteiger partial charge in [0.1, 0.15) is 17.1 Å². The summed E-state index contributed by atoms with van der Waals surface area (Å²) in [5, 5.41) is 2.55. The van der Waals surface area contributed by atoms with Crippen LogP contribution in [0.4, 0.5) is 20.2 Å². The zero-order valence-electron chi connectivity index (χ0n) is 22.3. The van der Waals surface area contributed by atoms with E-state index in [0.717, 1.165) is 37.9 Å². The number of hydrogen-bond acceptors (Lipinski definition) is 7. The summed E-state index contributed by atoms with van der Waals surface area (Å²) < 4.78 is 35.6. The summed E-state index contributed by atoms with van der Waals surface area (Å²) in [5.74, 6) is -1.66. The van der Waals surface area contributed by atoms with E-state index in [-0.39, 0.29) is 17.0 Å². The Kier molecular flexibility index (Phi) is 8.06. The summed E-state index contributed by atoms with van der Waals surface area (Å²) in [4.78, 5) is 34.7. The van der Waals surface area contributed by atoms with Crippen molar-refractivity contribution in [3.8, 4) is 17.2 Å². The lowest BCUT2D eigenvalue weighted by Gasteiger charge is -2.34. The smallest absolute Gasteiger partial charge is 0.267 e. The number of halogens is 2. The number of nitrogens with one attached hydrogen (secondary N) is 1. The molecular weight excluding hydrogens is 530 g/mol. The molecule has 0 unspecified atom stereocenters. The Hall–Kier alpha value is -5.03. The minimum Gasteiger partial charge on any atom is -0.452 e. The molecule has 5 rings (SSSR count). The van der Waals surface area contributed by atoms with E-state index in [9.17, 15) is 14.0 Å². The molecule has 0 radical (unpaired) electrons. The van der Waals surface area contributed by atoms with Gasteiger partial charge in [-0.15, -0.1) is 0 Å². The van der Waals surface area contributed by atoms with Crippen molar-refractivity contribution in [3.63, 3.8) is 0 Å². The van der Waals surface area contributed by atoms with Gasteiger partial charge in [0.25, 0.3) is 11.5 Å². The standard InChI is InChI=1S/C30H28F2N6O3/c1-36-13-15-37(16-14-36)23-18-28(26(10-11-33)34-19-23)41-27-9-6-21(17-25(27)32)35-29(39)24-3-2-12-38(30(24)40)22-7-4-20(31)5-8-22/h2-12,17-19H,13-16,33H2,1H3,(H,35,39). The summed E-state index contributed by atoms with van der Waals surface area (Å²) in [7, 11) is 2.07. The highest BCUT2D eigenvalue weighted by Gasteiger charge is 2.18. The molecule has 1 aliphatic rings. The van der Waals surface area contributed by atoms with E-state index in [1.165, 1.54) is 65.5 Å². The summed E-state index contributed by atoms with van der Waals surface area (Å²) in [5.41, 5.74) is 6.61. The molecule has 1 aliphatic heterocycles. The highest BCUT2D eigenvalue weighted by atomic mass is 19.1. The number of carbonyl (C=O) groups excluding carboxylic acids is 1. The lowest BCUT2D eigenvalue weighted by molar-refractivity contribution is 0.102. The molecule has 9 nitrogen and oxygen atoms in total. The third-order valence-electron chi connectivity index (χ3n) is 6.70. The molecule has 2 aromatic heterocycles. The topological polar surface area (TPSA) is 106 Å². The number of ether oxygens (including phenoxy) is 1. The Morgan fingerprint density at radius 2 is 1.76 bits per heavy atom. The van der Waals surface area contributed by atoms with Crippen molar-refractivity contribution in [3.05, 3.63) is 113 Å². The number of nitrogens with zero attached hydrogens (tertiary/aromatic N) is 4. The van der Waals surface area contributed by atoms with Crippen LogP contribution in [-0.4, -0.2) is 53.6 Å². The highest BCUT2D eigenvalue weighted by molar-refractivity contribution is 6.04. The van der Waals surface area contributed by atoms with Gasteiger partial charge in [0.2, 0.25) is 0 Å². The molecule has 210 valence electrons. The first kappa shape index (κ1) is 27.5. The van der Waals surface area contributed by atoms with Crippen molar-refractivity contribution < 1.29 is 18.3 Å². The SMILES string of the molecule is CN1CCN(c2cnc(C=CN)c(Oc3ccc(NC(=O)c4cccn(-c5ccc(F)cc5)c4=O)cc3F)c2)CC1. The molecule has 0 saturated carbocycles. The van der Waals surface area contributed by atoms with Gasteiger partial charge in [-0.3, -0.25) is 19.1 Å². The average molecular weight is 559 g/mol. The fourth-order valence-electron chi connectivity index (χ4n) is 4.43. The molecule has 0 atom stereocenters. The zero-order valence-corrected chi connectivity index (χ0v) is 22.3. The molecule has 11 heteroatoms. The van der Waals surface area contributed by atoms with Gasteiger partial charge in [-0.05, 0) is 67.9 Å². The van der Waals surface area contributed by atoms with Crippen molar-refractivity contribution in [2.24, 2.45) is 5.73 Å². The maximum absolute atomic E-state index is 15.1. The van der Waals surface area contributed by atoms with Gasteiger partial charge in [0.05, 0.1) is 11.9 Å². The number of benzene rings is 2. The van der Waals surface area contributed by atoms with E-state index >= 15 is 4.39 Å². The molecule has 3 heterocycles. The van der Waals surface area contributed by atoms with E-state index in [1.807, 2.05) is 0 Å². The second-order valence-corrected chi connectivity index (χ2v) is 9.50. The van der Waals surface area contributed by atoms with Crippen LogP contribution in [0.15, 0.2) is 84.1 Å². The number of likely N-dealkylation sites (N-methyl/N-ethyl adjacent to an activating group) is 1. The largest absolute Gasteiger partial charge is 0.452 e. The van der Waals surface area contributed by atoms with E-state index in [4.69, 9.17) is 10.5 Å². The van der Waals surface area contributed by atoms with Crippen LogP contribution in [0.25, 0.3) is 11.8 Å². The van der Waals surface area contributed by atoms with Crippen LogP contribution < -0.4 is 26.2 Å². The summed E-state index contributed by atoms with van der Waals surface area (Å²) >= 11 is 0. The molecule has 2 aromatic carbocycles. The van der Waals surface area contributed by atoms with Gasteiger partial charge >= 0.3 is 0 Å². The fraction of sp³-hybridized carbons (Fsp3) is 0.167. The molecule has 41 heavy (non-hydrogen) atoms. The van der Waals surface area contributed by atoms with Crippen LogP contribution in [0.2, 0.25) is 0 Å². The third-order valence-corrected chi connectivity index (χ3v) is 6.70. The summed E-state index contributed by atoms with van der Waals surface area (Å²) in [6.45, 7) is 3.46. The van der Waals surface area contributed by atoms with Crippen LogP contribution in [0.1, 0.15) is 16.1 Å². The van der Waals surface area contributed by atoms with Crippen molar-refractivity contribution in [1.82, 2.24) is 14.5 Å². The minimum atomic E-state index is -0.729. The number of amides is 1. The molecule has 4 aromatic rings. The number of carbonyl (C=O) groups is 1. The number of nitrogens with two attached hydrogens (primary N) is 1. The minimum absolute atomic E-state index is 0.0784. The van der Waals surface area contributed by atoms with E-state index in [2.05, 4.69) is 27.1 Å². The lowest BCUT2D eigenvalue weighted by atomic mass is 10.2. The van der Waals surface area contributed by atoms with E-state index < -0.39 is 23.1 Å². The average Bonchev–Trinajstić information content (AvgIpc) is 2.96. The maximum Gasteiger partial charge on any atom is 0.267 e. The predicted octanol–water partition coefficient (Wildman–Crippen LogP) is 4.24. The number of piperazine rings is 1. The molecule has 1 saturated heterocycles. The fourth-order valence-corrected chi connectivity index (χ4v) is 4.43. The van der Waals surface area contributed by atoms with Crippen molar-refractivity contribution in [2.45, 2.75) is 0 Å². The Morgan fingerprint density at radius 1 is 1.00 bits per heavy atom. The van der Waals surface area contributed by atoms with Crippen LogP contribution >= 0.6 is 0 Å². The van der Waals surface area contributed by atoms with E-state index in [0.29, 0.717) is 17.1 Å². The van der Waals surface area contributed by atoms with Gasteiger partial charge in [-0.2, -0.15) is 0 Å². The van der Waals surface area contributed by atoms with E-state index in [1.54, 1.807) is 18.3 Å². The lowest BCUT2D eigenvalue weighted by Crippen LogP contribution is -2.44. The summed E-state index contributed by atoms with van der Waals surface area (Å²) in [6.07, 6.45) is 6.09. The number of hydrogen-bond donors (Lipinski definition) is 2. The second-order valence-electron chi connectivity index (χ2n) is 9.50. The number of rotatable bonds is 7. The quantitative estimate of drug-likeness (QED) is 0.350. The Bertz CT molecular complexity index is 1650. The Balaban J connectivity index is 1.34. The molecule has 0 aliphatic carbocycles. The van der Waals surface area contributed by atoms with Gasteiger partial charge in [-0.25, -0.2) is 8.78 Å². The van der Waals surface area contributed by atoms with Crippen LogP contribution in [-0.2, 0) is 0 Å².